The van der Waals surface area contributed by atoms with E-state index in [1.807, 2.05) is 0 Å². The summed E-state index contributed by atoms with van der Waals surface area (Å²) in [5.74, 6) is -0.366. The Morgan fingerprint density at radius 3 is 2.35 bits per heavy atom. The van der Waals surface area contributed by atoms with Crippen LogP contribution in [0, 0.1) is 12.8 Å². The van der Waals surface area contributed by atoms with E-state index in [-0.39, 0.29) is 0 Å². The van der Waals surface area contributed by atoms with Crippen LogP contribution in [-0.2, 0) is 0 Å². The molecule has 1 rings (SSSR count). The van der Waals surface area contributed by atoms with Crippen LogP contribution in [0.15, 0.2) is 0 Å². The molecule has 96 valence electrons. The molecule has 0 aromatic carbocycles. The van der Waals surface area contributed by atoms with Gasteiger partial charge in [-0.2, -0.15) is 0 Å². The molecule has 0 aliphatic carbocycles. The molecule has 0 bridgehead atoms. The standard InChI is InChI=1S/C12H20N2O2S/c1-7(2)6-14(8(3)4)12-13-9(5)10(17-12)11(15)16/h7-8H,6H2,1-5H3,(H,15,16). The number of nitrogens with zero attached hydrogens (tertiary/aromatic N) is 2. The second-order valence-electron chi connectivity index (χ2n) is 4.86. The first-order valence-electron chi connectivity index (χ1n) is 5.80. The fourth-order valence-corrected chi connectivity index (χ4v) is 2.66. The Bertz CT molecular complexity index is 399. The Kier molecular flexibility index (Phi) is 4.51. The molecule has 1 aromatic rings. The first kappa shape index (κ1) is 14.0. The van der Waals surface area contributed by atoms with E-state index in [2.05, 4.69) is 37.6 Å². The van der Waals surface area contributed by atoms with Crippen molar-refractivity contribution in [2.24, 2.45) is 5.92 Å². The highest BCUT2D eigenvalue weighted by atomic mass is 32.1. The van der Waals surface area contributed by atoms with Crippen molar-refractivity contribution in [3.8, 4) is 0 Å². The smallest absolute Gasteiger partial charge is 0.347 e. The molecule has 0 atom stereocenters. The van der Waals surface area contributed by atoms with Gasteiger partial charge >= 0.3 is 5.97 Å². The number of anilines is 1. The number of carbonyl (C=O) groups is 1. The van der Waals surface area contributed by atoms with Crippen LogP contribution < -0.4 is 4.90 Å². The number of aromatic nitrogens is 1. The van der Waals surface area contributed by atoms with E-state index in [0.717, 1.165) is 11.7 Å². The normalized spacial score (nSPS) is 11.2. The predicted octanol–water partition coefficient (Wildman–Crippen LogP) is 3.02. The average Bonchev–Trinajstić information content (AvgIpc) is 2.55. The van der Waals surface area contributed by atoms with E-state index in [9.17, 15) is 4.79 Å². The molecule has 0 amide bonds. The van der Waals surface area contributed by atoms with Gasteiger partial charge in [0.15, 0.2) is 5.13 Å². The maximum absolute atomic E-state index is 11.0. The summed E-state index contributed by atoms with van der Waals surface area (Å²) < 4.78 is 0. The number of aromatic carboxylic acids is 1. The van der Waals surface area contributed by atoms with Crippen molar-refractivity contribution in [1.29, 1.82) is 0 Å². The van der Waals surface area contributed by atoms with Crippen LogP contribution in [0.2, 0.25) is 0 Å². The van der Waals surface area contributed by atoms with Crippen molar-refractivity contribution < 1.29 is 9.90 Å². The summed E-state index contributed by atoms with van der Waals surface area (Å²) in [6, 6.07) is 0.324. The molecule has 1 heterocycles. The highest BCUT2D eigenvalue weighted by Gasteiger charge is 2.20. The van der Waals surface area contributed by atoms with Crippen molar-refractivity contribution in [2.45, 2.75) is 40.7 Å². The van der Waals surface area contributed by atoms with Gasteiger partial charge in [0.1, 0.15) is 4.88 Å². The molecular formula is C12H20N2O2S. The first-order valence-corrected chi connectivity index (χ1v) is 6.62. The van der Waals surface area contributed by atoms with Gasteiger partial charge < -0.3 is 10.0 Å². The molecule has 0 aliphatic heterocycles. The molecule has 4 nitrogen and oxygen atoms in total. The summed E-state index contributed by atoms with van der Waals surface area (Å²) in [5.41, 5.74) is 0.604. The van der Waals surface area contributed by atoms with Gasteiger partial charge in [-0.05, 0) is 26.7 Å². The van der Waals surface area contributed by atoms with E-state index >= 15 is 0 Å². The van der Waals surface area contributed by atoms with Gasteiger partial charge in [0, 0.05) is 12.6 Å². The SMILES string of the molecule is Cc1nc(N(CC(C)C)C(C)C)sc1C(=O)O. The molecule has 0 saturated heterocycles. The van der Waals surface area contributed by atoms with Gasteiger partial charge in [-0.3, -0.25) is 0 Å². The Morgan fingerprint density at radius 1 is 1.41 bits per heavy atom. The average molecular weight is 256 g/mol. The molecule has 5 heteroatoms. The number of rotatable bonds is 5. The zero-order valence-corrected chi connectivity index (χ0v) is 11.8. The number of hydrogen-bond donors (Lipinski definition) is 1. The summed E-state index contributed by atoms with van der Waals surface area (Å²) in [4.78, 5) is 17.9. The van der Waals surface area contributed by atoms with E-state index in [4.69, 9.17) is 5.11 Å². The Labute approximate surface area is 106 Å². The highest BCUT2D eigenvalue weighted by molar-refractivity contribution is 7.17. The van der Waals surface area contributed by atoms with Crippen molar-refractivity contribution in [3.63, 3.8) is 0 Å². The molecule has 0 saturated carbocycles. The summed E-state index contributed by atoms with van der Waals surface area (Å²) in [7, 11) is 0. The molecular weight excluding hydrogens is 236 g/mol. The van der Waals surface area contributed by atoms with Gasteiger partial charge in [-0.15, -0.1) is 0 Å². The van der Waals surface area contributed by atoms with Crippen molar-refractivity contribution in [3.05, 3.63) is 10.6 Å². The molecule has 1 N–H and O–H groups in total. The lowest BCUT2D eigenvalue weighted by Gasteiger charge is -2.27. The Morgan fingerprint density at radius 2 is 2.00 bits per heavy atom. The van der Waals surface area contributed by atoms with E-state index in [0.29, 0.717) is 22.5 Å². The maximum atomic E-state index is 11.0. The number of thiazole rings is 1. The second kappa shape index (κ2) is 5.49. The third-order valence-corrected chi connectivity index (χ3v) is 3.59. The topological polar surface area (TPSA) is 53.4 Å². The van der Waals surface area contributed by atoms with Crippen molar-refractivity contribution >= 4 is 22.4 Å². The molecule has 0 aliphatic rings. The second-order valence-corrected chi connectivity index (χ2v) is 5.83. The van der Waals surface area contributed by atoms with E-state index < -0.39 is 5.97 Å². The lowest BCUT2D eigenvalue weighted by atomic mass is 10.2. The minimum absolute atomic E-state index is 0.324. The predicted molar refractivity (Wildman–Crippen MR) is 71.1 cm³/mol. The zero-order chi connectivity index (χ0) is 13.2. The Hall–Kier alpha value is -1.10. The largest absolute Gasteiger partial charge is 0.477 e. The van der Waals surface area contributed by atoms with Crippen LogP contribution in [0.25, 0.3) is 0 Å². The summed E-state index contributed by atoms with van der Waals surface area (Å²) in [5, 5.41) is 9.84. The van der Waals surface area contributed by atoms with E-state index in [1.165, 1.54) is 11.3 Å². The quantitative estimate of drug-likeness (QED) is 0.880. The number of carboxylic acid groups (broad SMARTS) is 1. The minimum Gasteiger partial charge on any atom is -0.477 e. The van der Waals surface area contributed by atoms with Crippen LogP contribution in [0.1, 0.15) is 43.1 Å². The molecule has 0 radical (unpaired) electrons. The third-order valence-electron chi connectivity index (χ3n) is 2.41. The number of hydrogen-bond acceptors (Lipinski definition) is 4. The maximum Gasteiger partial charge on any atom is 0.347 e. The van der Waals surface area contributed by atoms with Gasteiger partial charge in [-0.25, -0.2) is 9.78 Å². The monoisotopic (exact) mass is 256 g/mol. The van der Waals surface area contributed by atoms with Crippen LogP contribution in [-0.4, -0.2) is 28.6 Å². The fraction of sp³-hybridized carbons (Fsp3) is 0.667. The lowest BCUT2D eigenvalue weighted by Crippen LogP contribution is -2.34. The summed E-state index contributed by atoms with van der Waals surface area (Å²) in [6.07, 6.45) is 0. The molecule has 0 spiro atoms. The Balaban J connectivity index is 3.03. The summed E-state index contributed by atoms with van der Waals surface area (Å²) >= 11 is 1.26. The van der Waals surface area contributed by atoms with Gasteiger partial charge in [0.25, 0.3) is 0 Å². The lowest BCUT2D eigenvalue weighted by molar-refractivity contribution is 0.0701. The molecule has 17 heavy (non-hydrogen) atoms. The van der Waals surface area contributed by atoms with Crippen molar-refractivity contribution in [2.75, 3.05) is 11.4 Å². The zero-order valence-electron chi connectivity index (χ0n) is 11.0. The molecule has 0 unspecified atom stereocenters. The van der Waals surface area contributed by atoms with Crippen LogP contribution in [0.3, 0.4) is 0 Å². The van der Waals surface area contributed by atoms with Gasteiger partial charge in [0.05, 0.1) is 5.69 Å². The number of aryl methyl sites for hydroxylation is 1. The first-order chi connectivity index (χ1) is 7.82. The number of carboxylic acids is 1. The van der Waals surface area contributed by atoms with Crippen molar-refractivity contribution in [1.82, 2.24) is 4.98 Å². The summed E-state index contributed by atoms with van der Waals surface area (Å²) in [6.45, 7) is 11.1. The van der Waals surface area contributed by atoms with Crippen LogP contribution in [0.4, 0.5) is 5.13 Å². The minimum atomic E-state index is -0.889. The fourth-order valence-electron chi connectivity index (χ4n) is 1.61. The third kappa shape index (κ3) is 3.43. The van der Waals surface area contributed by atoms with Crippen LogP contribution >= 0.6 is 11.3 Å². The van der Waals surface area contributed by atoms with Gasteiger partial charge in [-0.1, -0.05) is 25.2 Å². The highest BCUT2D eigenvalue weighted by Crippen LogP contribution is 2.28. The van der Waals surface area contributed by atoms with Gasteiger partial charge in [0.2, 0.25) is 0 Å². The van der Waals surface area contributed by atoms with Crippen LogP contribution in [0.5, 0.6) is 0 Å². The molecule has 0 fully saturated rings. The van der Waals surface area contributed by atoms with E-state index in [1.54, 1.807) is 6.92 Å². The molecule has 1 aromatic heterocycles.